The van der Waals surface area contributed by atoms with E-state index < -0.39 is 70.9 Å². The van der Waals surface area contributed by atoms with Gasteiger partial charge in [0.25, 0.3) is 6.29 Å². The van der Waals surface area contributed by atoms with Crippen molar-refractivity contribution in [1.82, 2.24) is 0 Å². The van der Waals surface area contributed by atoms with E-state index in [0.29, 0.717) is 6.42 Å². The molecule has 0 aromatic heterocycles. The minimum Gasteiger partial charge on any atom is -0.429 e. The quantitative estimate of drug-likeness (QED) is 0.221. The normalized spacial score (nSPS) is 24.2. The Hall–Kier alpha value is -2.51. The van der Waals surface area contributed by atoms with Gasteiger partial charge in [0.15, 0.2) is 17.5 Å². The predicted molar refractivity (Wildman–Crippen MR) is 122 cm³/mol. The van der Waals surface area contributed by atoms with Gasteiger partial charge >= 0.3 is 12.2 Å². The fraction of sp³-hybridized carbons (Fsp3) is 0.556. The van der Waals surface area contributed by atoms with Gasteiger partial charge in [-0.2, -0.15) is 17.6 Å². The molecule has 4 nitrogen and oxygen atoms in total. The minimum atomic E-state index is -4.48. The number of hydrogen-bond acceptors (Lipinski definition) is 4. The fourth-order valence-corrected chi connectivity index (χ4v) is 5.00. The third kappa shape index (κ3) is 6.85. The zero-order chi connectivity index (χ0) is 29.2. The lowest BCUT2D eigenvalue weighted by molar-refractivity contribution is -0.352. The van der Waals surface area contributed by atoms with Crippen molar-refractivity contribution in [2.75, 3.05) is 13.2 Å². The van der Waals surface area contributed by atoms with Crippen molar-refractivity contribution in [3.05, 3.63) is 64.5 Å². The highest BCUT2D eigenvalue weighted by Crippen LogP contribution is 2.42. The van der Waals surface area contributed by atoms with Crippen LogP contribution in [-0.4, -0.2) is 31.7 Å². The molecule has 0 spiro atoms. The van der Waals surface area contributed by atoms with Crippen LogP contribution in [0.4, 0.5) is 39.5 Å². The SMILES string of the molecule is CCCC1COC(C(F)(F)Oc2cc(F)c(C(F)(F)OC3CCC(c4cc(F)c(F)c(F)c4)CC3)c(F)c2)OC1. The number of hydrogen-bond donors (Lipinski definition) is 0. The van der Waals surface area contributed by atoms with Gasteiger partial charge in [-0.15, -0.1) is 0 Å². The van der Waals surface area contributed by atoms with Gasteiger partial charge in [0.05, 0.1) is 19.3 Å². The number of ether oxygens (including phenoxy) is 4. The average molecular weight is 586 g/mol. The van der Waals surface area contributed by atoms with Gasteiger partial charge in [0.1, 0.15) is 22.9 Å². The first-order valence-corrected chi connectivity index (χ1v) is 12.8. The van der Waals surface area contributed by atoms with Crippen molar-refractivity contribution in [3.8, 4) is 5.75 Å². The van der Waals surface area contributed by atoms with Crippen molar-refractivity contribution in [3.63, 3.8) is 0 Å². The van der Waals surface area contributed by atoms with Crippen LogP contribution in [0.25, 0.3) is 0 Å². The van der Waals surface area contributed by atoms with Crippen molar-refractivity contribution < 1.29 is 58.5 Å². The number of benzene rings is 2. The van der Waals surface area contributed by atoms with Crippen LogP contribution in [0.3, 0.4) is 0 Å². The summed E-state index contributed by atoms with van der Waals surface area (Å²) >= 11 is 0. The molecule has 2 aromatic rings. The van der Waals surface area contributed by atoms with E-state index >= 15 is 0 Å². The van der Waals surface area contributed by atoms with Gasteiger partial charge < -0.3 is 18.9 Å². The number of rotatable bonds is 9. The second-order valence-corrected chi connectivity index (χ2v) is 9.99. The van der Waals surface area contributed by atoms with E-state index in [1.54, 1.807) is 0 Å². The maximum Gasteiger partial charge on any atom is 0.451 e. The third-order valence-electron chi connectivity index (χ3n) is 6.96. The Labute approximate surface area is 224 Å². The molecule has 1 saturated heterocycles. The Morgan fingerprint density at radius 3 is 1.88 bits per heavy atom. The van der Waals surface area contributed by atoms with Crippen molar-refractivity contribution in [2.24, 2.45) is 5.92 Å². The van der Waals surface area contributed by atoms with Gasteiger partial charge in [-0.1, -0.05) is 13.3 Å². The summed E-state index contributed by atoms with van der Waals surface area (Å²) < 4.78 is 147. The standard InChI is InChI=1S/C27H27F9O4/c1-2-3-14-12-37-25(38-13-14)27(35,36)40-18-10-19(28)23(20(29)11-18)26(33,34)39-17-6-4-15(5-7-17)16-8-21(30)24(32)22(31)9-16/h8-11,14-15,17,25H,2-7,12-13H2,1H3. The lowest BCUT2D eigenvalue weighted by atomic mass is 9.82. The summed E-state index contributed by atoms with van der Waals surface area (Å²) in [5.41, 5.74) is -1.64. The molecule has 40 heavy (non-hydrogen) atoms. The van der Waals surface area contributed by atoms with Gasteiger partial charge in [-0.25, -0.2) is 22.0 Å². The van der Waals surface area contributed by atoms with Crippen LogP contribution in [0.1, 0.15) is 62.5 Å². The maximum atomic E-state index is 14.8. The highest BCUT2D eigenvalue weighted by molar-refractivity contribution is 5.33. The molecule has 2 aliphatic rings. The number of alkyl halides is 4. The van der Waals surface area contributed by atoms with Crippen molar-refractivity contribution in [1.29, 1.82) is 0 Å². The summed E-state index contributed by atoms with van der Waals surface area (Å²) in [7, 11) is 0. The van der Waals surface area contributed by atoms with Gasteiger partial charge in [0.2, 0.25) is 0 Å². The summed E-state index contributed by atoms with van der Waals surface area (Å²) in [6, 6.07) is 2.01. The Morgan fingerprint density at radius 1 is 0.800 bits per heavy atom. The van der Waals surface area contributed by atoms with Crippen LogP contribution >= 0.6 is 0 Å². The molecule has 13 heteroatoms. The first-order valence-electron chi connectivity index (χ1n) is 12.8. The summed E-state index contributed by atoms with van der Waals surface area (Å²) in [5, 5.41) is 0. The monoisotopic (exact) mass is 586 g/mol. The molecule has 222 valence electrons. The Morgan fingerprint density at radius 2 is 1.35 bits per heavy atom. The average Bonchev–Trinajstić information content (AvgIpc) is 2.87. The molecule has 1 aliphatic carbocycles. The molecule has 4 rings (SSSR count). The zero-order valence-electron chi connectivity index (χ0n) is 21.3. The Bertz CT molecular complexity index is 1130. The molecule has 0 bridgehead atoms. The van der Waals surface area contributed by atoms with E-state index in [1.807, 2.05) is 6.92 Å². The highest BCUT2D eigenvalue weighted by Gasteiger charge is 2.48. The lowest BCUT2D eigenvalue weighted by Crippen LogP contribution is -2.47. The molecule has 2 fully saturated rings. The third-order valence-corrected chi connectivity index (χ3v) is 6.96. The van der Waals surface area contributed by atoms with Crippen LogP contribution in [0.5, 0.6) is 5.75 Å². The molecular formula is C27H27F9O4. The summed E-state index contributed by atoms with van der Waals surface area (Å²) in [4.78, 5) is 0. The molecule has 0 N–H and O–H groups in total. The van der Waals surface area contributed by atoms with Crippen LogP contribution in [-0.2, 0) is 20.3 Å². The smallest absolute Gasteiger partial charge is 0.429 e. The van der Waals surface area contributed by atoms with E-state index in [9.17, 15) is 39.5 Å². The first kappa shape index (κ1) is 30.4. The molecule has 1 saturated carbocycles. The summed E-state index contributed by atoms with van der Waals surface area (Å²) in [5.74, 6) is -9.78. The van der Waals surface area contributed by atoms with Gasteiger partial charge in [-0.3, -0.25) is 0 Å². The van der Waals surface area contributed by atoms with E-state index in [0.717, 1.165) is 18.6 Å². The molecular weight excluding hydrogens is 559 g/mol. The predicted octanol–water partition coefficient (Wildman–Crippen LogP) is 7.94. The van der Waals surface area contributed by atoms with Crippen LogP contribution in [0.15, 0.2) is 24.3 Å². The largest absolute Gasteiger partial charge is 0.451 e. The van der Waals surface area contributed by atoms with Gasteiger partial charge in [-0.05, 0) is 55.7 Å². The van der Waals surface area contributed by atoms with Crippen molar-refractivity contribution >= 4 is 0 Å². The van der Waals surface area contributed by atoms with Gasteiger partial charge in [0, 0.05) is 18.1 Å². The topological polar surface area (TPSA) is 36.9 Å². The molecule has 1 heterocycles. The molecule has 0 amide bonds. The molecule has 2 aromatic carbocycles. The summed E-state index contributed by atoms with van der Waals surface area (Å²) in [6.45, 7) is 1.82. The second-order valence-electron chi connectivity index (χ2n) is 9.99. The van der Waals surface area contributed by atoms with Crippen LogP contribution < -0.4 is 4.74 Å². The van der Waals surface area contributed by atoms with E-state index in [-0.39, 0.29) is 62.5 Å². The van der Waals surface area contributed by atoms with Crippen LogP contribution in [0.2, 0.25) is 0 Å². The van der Waals surface area contributed by atoms with Crippen LogP contribution in [0, 0.1) is 35.0 Å². The zero-order valence-corrected chi connectivity index (χ0v) is 21.3. The maximum absolute atomic E-state index is 14.8. The Balaban J connectivity index is 1.38. The minimum absolute atomic E-state index is 0.0394. The fourth-order valence-electron chi connectivity index (χ4n) is 5.00. The molecule has 1 aliphatic heterocycles. The van der Waals surface area contributed by atoms with Crippen molar-refractivity contribution in [2.45, 2.75) is 76.0 Å². The van der Waals surface area contributed by atoms with E-state index in [4.69, 9.17) is 14.2 Å². The first-order chi connectivity index (χ1) is 18.8. The molecule has 0 atom stereocenters. The molecule has 0 radical (unpaired) electrons. The highest BCUT2D eigenvalue weighted by atomic mass is 19.3. The molecule has 0 unspecified atom stereocenters. The van der Waals surface area contributed by atoms with E-state index in [2.05, 4.69) is 4.74 Å². The second kappa shape index (κ2) is 12.2. The lowest BCUT2D eigenvalue weighted by Gasteiger charge is -2.33. The Kier molecular flexibility index (Phi) is 9.25. The van der Waals surface area contributed by atoms with E-state index in [1.165, 1.54) is 0 Å². The number of halogens is 9. The summed E-state index contributed by atoms with van der Waals surface area (Å²) in [6.07, 6.45) is -10.4.